The molecule has 1 rings (SSSR count). The summed E-state index contributed by atoms with van der Waals surface area (Å²) in [5.41, 5.74) is 1.73. The van der Waals surface area contributed by atoms with E-state index in [0.29, 0.717) is 13.1 Å². The zero-order valence-corrected chi connectivity index (χ0v) is 9.82. The van der Waals surface area contributed by atoms with Crippen LogP contribution in [0.15, 0.2) is 36.4 Å². The maximum atomic E-state index is 12.8. The third-order valence-corrected chi connectivity index (χ3v) is 2.25. The molecule has 1 aromatic rings. The Morgan fingerprint density at radius 2 is 2.00 bits per heavy atom. The highest BCUT2D eigenvalue weighted by Crippen LogP contribution is 2.16. The van der Waals surface area contributed by atoms with E-state index in [2.05, 4.69) is 6.58 Å². The van der Waals surface area contributed by atoms with Gasteiger partial charge in [0.15, 0.2) is 0 Å². The van der Waals surface area contributed by atoms with Crippen LogP contribution in [0, 0.1) is 5.82 Å². The number of halogens is 1. The monoisotopic (exact) mass is 237 g/mol. The van der Waals surface area contributed by atoms with Gasteiger partial charge in [0.25, 0.3) is 0 Å². The fraction of sp³-hybridized carbons (Fsp3) is 0.308. The molecule has 0 aliphatic heterocycles. The van der Waals surface area contributed by atoms with Gasteiger partial charge in [-0.05, 0) is 31.2 Å². The highest BCUT2D eigenvalue weighted by molar-refractivity contribution is 5.67. The van der Waals surface area contributed by atoms with Gasteiger partial charge < -0.3 is 10.0 Å². The Labute approximate surface area is 100 Å². The first-order chi connectivity index (χ1) is 7.99. The van der Waals surface area contributed by atoms with Gasteiger partial charge in [-0.2, -0.15) is 0 Å². The fourth-order valence-corrected chi connectivity index (χ4v) is 1.51. The van der Waals surface area contributed by atoms with Crippen molar-refractivity contribution >= 4 is 11.7 Å². The average molecular weight is 237 g/mol. The number of carbonyl (C=O) groups is 1. The number of aliphatic carboxylic acids is 1. The maximum absolute atomic E-state index is 12.8. The first kappa shape index (κ1) is 13.2. The molecule has 0 atom stereocenters. The second-order valence-electron chi connectivity index (χ2n) is 4.00. The molecule has 0 fully saturated rings. The highest BCUT2D eigenvalue weighted by Gasteiger charge is 2.08. The quantitative estimate of drug-likeness (QED) is 0.773. The van der Waals surface area contributed by atoms with E-state index in [-0.39, 0.29) is 12.2 Å². The van der Waals surface area contributed by atoms with E-state index in [1.807, 2.05) is 11.8 Å². The van der Waals surface area contributed by atoms with E-state index in [1.165, 1.54) is 12.1 Å². The lowest BCUT2D eigenvalue weighted by Crippen LogP contribution is -2.27. The van der Waals surface area contributed by atoms with Crippen LogP contribution in [0.1, 0.15) is 13.3 Å². The van der Waals surface area contributed by atoms with E-state index in [4.69, 9.17) is 5.11 Å². The lowest BCUT2D eigenvalue weighted by Gasteiger charge is -2.24. The van der Waals surface area contributed by atoms with Gasteiger partial charge in [0, 0.05) is 18.8 Å². The van der Waals surface area contributed by atoms with Crippen molar-refractivity contribution in [2.75, 3.05) is 18.0 Å². The molecule has 0 aliphatic carbocycles. The van der Waals surface area contributed by atoms with Crippen LogP contribution in [0.3, 0.4) is 0 Å². The van der Waals surface area contributed by atoms with Crippen LogP contribution in [0.5, 0.6) is 0 Å². The van der Waals surface area contributed by atoms with Gasteiger partial charge in [0.2, 0.25) is 0 Å². The predicted molar refractivity (Wildman–Crippen MR) is 65.7 cm³/mol. The predicted octanol–water partition coefficient (Wildman–Crippen LogP) is 2.68. The van der Waals surface area contributed by atoms with E-state index >= 15 is 0 Å². The molecule has 0 amide bonds. The van der Waals surface area contributed by atoms with Crippen molar-refractivity contribution in [2.45, 2.75) is 13.3 Å². The largest absolute Gasteiger partial charge is 0.481 e. The highest BCUT2D eigenvalue weighted by atomic mass is 19.1. The Bertz CT molecular complexity index is 400. The summed E-state index contributed by atoms with van der Waals surface area (Å²) in [4.78, 5) is 12.4. The molecule has 0 unspecified atom stereocenters. The second kappa shape index (κ2) is 6.03. The Morgan fingerprint density at radius 3 is 2.47 bits per heavy atom. The number of anilines is 1. The molecule has 3 nitrogen and oxygen atoms in total. The number of nitrogens with zero attached hydrogens (tertiary/aromatic N) is 1. The number of hydrogen-bond acceptors (Lipinski definition) is 2. The second-order valence-corrected chi connectivity index (χ2v) is 4.00. The Morgan fingerprint density at radius 1 is 1.41 bits per heavy atom. The zero-order valence-electron chi connectivity index (χ0n) is 9.82. The number of carboxylic acid groups (broad SMARTS) is 1. The molecule has 0 radical (unpaired) electrons. The number of benzene rings is 1. The molecule has 1 N–H and O–H groups in total. The summed E-state index contributed by atoms with van der Waals surface area (Å²) in [5.74, 6) is -1.15. The maximum Gasteiger partial charge on any atom is 0.305 e. The molecule has 0 bridgehead atoms. The summed E-state index contributed by atoms with van der Waals surface area (Å²) in [7, 11) is 0. The lowest BCUT2D eigenvalue weighted by atomic mass is 10.2. The van der Waals surface area contributed by atoms with Crippen LogP contribution in [-0.4, -0.2) is 24.2 Å². The molecule has 0 heterocycles. The first-order valence-corrected chi connectivity index (χ1v) is 5.35. The Hall–Kier alpha value is -1.84. The van der Waals surface area contributed by atoms with Gasteiger partial charge in [0.1, 0.15) is 5.82 Å². The minimum atomic E-state index is -0.848. The van der Waals surface area contributed by atoms with Crippen LogP contribution in [0.4, 0.5) is 10.1 Å². The third-order valence-electron chi connectivity index (χ3n) is 2.25. The molecule has 17 heavy (non-hydrogen) atoms. The topological polar surface area (TPSA) is 40.5 Å². The van der Waals surface area contributed by atoms with Gasteiger partial charge in [-0.25, -0.2) is 4.39 Å². The van der Waals surface area contributed by atoms with Crippen molar-refractivity contribution in [2.24, 2.45) is 0 Å². The number of hydrogen-bond donors (Lipinski definition) is 1. The SMILES string of the molecule is C=C(C)CN(CCC(=O)O)c1ccc(F)cc1. The minimum absolute atomic E-state index is 0.0463. The smallest absolute Gasteiger partial charge is 0.305 e. The van der Waals surface area contributed by atoms with Crippen molar-refractivity contribution in [1.82, 2.24) is 0 Å². The minimum Gasteiger partial charge on any atom is -0.481 e. The van der Waals surface area contributed by atoms with Crippen LogP contribution in [-0.2, 0) is 4.79 Å². The van der Waals surface area contributed by atoms with Crippen LogP contribution in [0.2, 0.25) is 0 Å². The summed E-state index contributed by atoms with van der Waals surface area (Å²) in [6.07, 6.45) is 0.0463. The summed E-state index contributed by atoms with van der Waals surface area (Å²) in [6, 6.07) is 6.00. The summed E-state index contributed by atoms with van der Waals surface area (Å²) < 4.78 is 12.8. The lowest BCUT2D eigenvalue weighted by molar-refractivity contribution is -0.136. The van der Waals surface area contributed by atoms with Gasteiger partial charge in [-0.1, -0.05) is 12.2 Å². The van der Waals surface area contributed by atoms with Crippen molar-refractivity contribution in [3.8, 4) is 0 Å². The van der Waals surface area contributed by atoms with Crippen LogP contribution >= 0.6 is 0 Å². The van der Waals surface area contributed by atoms with E-state index in [1.54, 1.807) is 12.1 Å². The first-order valence-electron chi connectivity index (χ1n) is 5.35. The summed E-state index contributed by atoms with van der Waals surface area (Å²) in [6.45, 7) is 6.63. The molecular weight excluding hydrogens is 221 g/mol. The standard InChI is InChI=1S/C13H16FNO2/c1-10(2)9-15(8-7-13(16)17)12-5-3-11(14)4-6-12/h3-6H,1,7-9H2,2H3,(H,16,17). The van der Waals surface area contributed by atoms with Crippen molar-refractivity contribution in [3.05, 3.63) is 42.2 Å². The zero-order chi connectivity index (χ0) is 12.8. The Balaban J connectivity index is 2.77. The molecule has 0 spiro atoms. The average Bonchev–Trinajstić information content (AvgIpc) is 2.25. The molecule has 4 heteroatoms. The summed E-state index contributed by atoms with van der Waals surface area (Å²) in [5, 5.41) is 8.68. The van der Waals surface area contributed by atoms with Crippen molar-refractivity contribution in [3.63, 3.8) is 0 Å². The molecule has 0 saturated heterocycles. The molecule has 0 aliphatic rings. The van der Waals surface area contributed by atoms with Crippen LogP contribution in [0.25, 0.3) is 0 Å². The Kier molecular flexibility index (Phi) is 4.69. The van der Waals surface area contributed by atoms with Crippen molar-refractivity contribution < 1.29 is 14.3 Å². The van der Waals surface area contributed by atoms with E-state index in [9.17, 15) is 9.18 Å². The molecule has 0 aromatic heterocycles. The van der Waals surface area contributed by atoms with Gasteiger partial charge >= 0.3 is 5.97 Å². The van der Waals surface area contributed by atoms with Gasteiger partial charge in [0.05, 0.1) is 6.42 Å². The van der Waals surface area contributed by atoms with Gasteiger partial charge in [-0.3, -0.25) is 4.79 Å². The summed E-state index contributed by atoms with van der Waals surface area (Å²) >= 11 is 0. The molecule has 92 valence electrons. The molecular formula is C13H16FNO2. The molecule has 1 aromatic carbocycles. The van der Waals surface area contributed by atoms with E-state index < -0.39 is 5.97 Å². The fourth-order valence-electron chi connectivity index (χ4n) is 1.51. The van der Waals surface area contributed by atoms with Gasteiger partial charge in [-0.15, -0.1) is 0 Å². The number of rotatable bonds is 6. The van der Waals surface area contributed by atoms with E-state index in [0.717, 1.165) is 11.3 Å². The normalized spacial score (nSPS) is 10.0. The van der Waals surface area contributed by atoms with Crippen LogP contribution < -0.4 is 4.90 Å². The van der Waals surface area contributed by atoms with Crippen molar-refractivity contribution in [1.29, 1.82) is 0 Å². The number of carboxylic acids is 1. The molecule has 0 saturated carbocycles. The third kappa shape index (κ3) is 4.68.